The summed E-state index contributed by atoms with van der Waals surface area (Å²) in [6.45, 7) is -0.290. The molecule has 0 saturated heterocycles. The molecule has 6 nitrogen and oxygen atoms in total. The molecule has 21 heavy (non-hydrogen) atoms. The molecule has 0 aliphatic carbocycles. The summed E-state index contributed by atoms with van der Waals surface area (Å²) < 4.78 is 64.7. The highest BCUT2D eigenvalue weighted by Crippen LogP contribution is 2.14. The van der Waals surface area contributed by atoms with Crippen molar-refractivity contribution >= 4 is 16.1 Å². The van der Waals surface area contributed by atoms with Gasteiger partial charge in [0.1, 0.15) is 0 Å². The van der Waals surface area contributed by atoms with Gasteiger partial charge in [-0.25, -0.2) is 17.9 Å². The first-order chi connectivity index (χ1) is 9.66. The van der Waals surface area contributed by atoms with Gasteiger partial charge in [0.2, 0.25) is 0 Å². The number of hydrogen-bond donors (Lipinski definition) is 2. The molecule has 0 fully saturated rings. The Hall–Kier alpha value is -1.65. The third-order valence-corrected chi connectivity index (χ3v) is 3.99. The average molecular weight is 325 g/mol. The highest BCUT2D eigenvalue weighted by molar-refractivity contribution is 7.87. The van der Waals surface area contributed by atoms with Crippen LogP contribution in [0.25, 0.3) is 0 Å². The molecule has 0 saturated carbocycles. The fourth-order valence-electron chi connectivity index (χ4n) is 1.28. The largest absolute Gasteiger partial charge is 0.351 e. The molecule has 0 aromatic heterocycles. The van der Waals surface area contributed by atoms with E-state index in [0.717, 1.165) is 10.4 Å². The van der Waals surface area contributed by atoms with Crippen LogP contribution in [0.15, 0.2) is 12.1 Å². The number of carbonyl (C=O) groups is 1. The Morgan fingerprint density at radius 2 is 1.76 bits per heavy atom. The predicted octanol–water partition coefficient (Wildman–Crippen LogP) is 0.230. The van der Waals surface area contributed by atoms with Crippen LogP contribution in [0.2, 0.25) is 0 Å². The number of nitrogens with one attached hydrogen (secondary N) is 2. The van der Waals surface area contributed by atoms with Crippen molar-refractivity contribution in [3.05, 3.63) is 35.1 Å². The van der Waals surface area contributed by atoms with Crippen LogP contribution in [0.1, 0.15) is 10.4 Å². The van der Waals surface area contributed by atoms with Crippen molar-refractivity contribution in [1.82, 2.24) is 14.3 Å². The molecule has 0 aliphatic heterocycles. The number of halogens is 3. The minimum absolute atomic E-state index is 0.141. The second-order valence-electron chi connectivity index (χ2n) is 4.16. The maximum absolute atomic E-state index is 13.3. The molecule has 1 aromatic carbocycles. The zero-order chi connectivity index (χ0) is 16.2. The number of rotatable bonds is 6. The number of amides is 1. The lowest BCUT2D eigenvalue weighted by molar-refractivity contribution is 0.0949. The molecule has 0 radical (unpaired) electrons. The van der Waals surface area contributed by atoms with Crippen molar-refractivity contribution in [1.29, 1.82) is 0 Å². The lowest BCUT2D eigenvalue weighted by Gasteiger charge is -2.12. The molecule has 1 aromatic rings. The van der Waals surface area contributed by atoms with Gasteiger partial charge in [0.25, 0.3) is 16.1 Å². The maximum Gasteiger partial charge on any atom is 0.278 e. The van der Waals surface area contributed by atoms with E-state index >= 15 is 0 Å². The number of hydrogen-bond acceptors (Lipinski definition) is 3. The summed E-state index contributed by atoms with van der Waals surface area (Å²) in [7, 11) is -0.999. The van der Waals surface area contributed by atoms with E-state index in [2.05, 4.69) is 10.0 Å². The zero-order valence-electron chi connectivity index (χ0n) is 11.3. The summed E-state index contributed by atoms with van der Waals surface area (Å²) in [5.74, 6) is -5.71. The van der Waals surface area contributed by atoms with E-state index in [0.29, 0.717) is 6.07 Å². The van der Waals surface area contributed by atoms with E-state index in [-0.39, 0.29) is 13.1 Å². The first-order valence-corrected chi connectivity index (χ1v) is 7.19. The first kappa shape index (κ1) is 17.4. The van der Waals surface area contributed by atoms with Gasteiger partial charge in [-0.05, 0) is 12.1 Å². The molecule has 1 rings (SSSR count). The van der Waals surface area contributed by atoms with Crippen molar-refractivity contribution in [3.63, 3.8) is 0 Å². The molecule has 2 N–H and O–H groups in total. The van der Waals surface area contributed by atoms with E-state index in [4.69, 9.17) is 0 Å². The summed E-state index contributed by atoms with van der Waals surface area (Å²) >= 11 is 0. The fourth-order valence-corrected chi connectivity index (χ4v) is 1.90. The predicted molar refractivity (Wildman–Crippen MR) is 69.3 cm³/mol. The summed E-state index contributed by atoms with van der Waals surface area (Å²) in [6.07, 6.45) is 0. The Bertz CT molecular complexity index is 635. The van der Waals surface area contributed by atoms with E-state index in [1.54, 1.807) is 0 Å². The Labute approximate surface area is 120 Å². The van der Waals surface area contributed by atoms with E-state index in [9.17, 15) is 26.4 Å². The summed E-state index contributed by atoms with van der Waals surface area (Å²) in [5.41, 5.74) is -0.663. The van der Waals surface area contributed by atoms with Crippen LogP contribution in [0.3, 0.4) is 0 Å². The van der Waals surface area contributed by atoms with Crippen molar-refractivity contribution in [2.24, 2.45) is 0 Å². The molecule has 0 unspecified atom stereocenters. The minimum atomic E-state index is -3.63. The molecule has 1 amide bonds. The molecule has 0 spiro atoms. The van der Waals surface area contributed by atoms with Gasteiger partial charge >= 0.3 is 0 Å². The fraction of sp³-hybridized carbons (Fsp3) is 0.364. The van der Waals surface area contributed by atoms with Crippen LogP contribution in [0.5, 0.6) is 0 Å². The molecular weight excluding hydrogens is 311 g/mol. The minimum Gasteiger partial charge on any atom is -0.351 e. The Morgan fingerprint density at radius 3 is 2.33 bits per heavy atom. The smallest absolute Gasteiger partial charge is 0.278 e. The molecule has 118 valence electrons. The van der Waals surface area contributed by atoms with Crippen LogP contribution in [0.4, 0.5) is 13.2 Å². The standard InChI is InChI=1S/C11H14F3N3O3S/c1-17(2)21(19,20)16-6-5-15-11(18)7-3-4-8(12)10(14)9(7)13/h3-4,16H,5-6H2,1-2H3,(H,15,18). The lowest BCUT2D eigenvalue weighted by atomic mass is 10.2. The van der Waals surface area contributed by atoms with Gasteiger partial charge in [0, 0.05) is 27.2 Å². The summed E-state index contributed by atoms with van der Waals surface area (Å²) in [4.78, 5) is 11.6. The Balaban J connectivity index is 2.58. The summed E-state index contributed by atoms with van der Waals surface area (Å²) in [5, 5.41) is 2.18. The van der Waals surface area contributed by atoms with Crippen LogP contribution in [0, 0.1) is 17.5 Å². The van der Waals surface area contributed by atoms with Crippen molar-refractivity contribution in [2.75, 3.05) is 27.2 Å². The average Bonchev–Trinajstić information content (AvgIpc) is 2.40. The van der Waals surface area contributed by atoms with Crippen molar-refractivity contribution in [3.8, 4) is 0 Å². The number of nitrogens with zero attached hydrogens (tertiary/aromatic N) is 1. The zero-order valence-corrected chi connectivity index (χ0v) is 12.1. The molecule has 0 heterocycles. The van der Waals surface area contributed by atoms with E-state index < -0.39 is 39.1 Å². The van der Waals surface area contributed by atoms with Crippen LogP contribution >= 0.6 is 0 Å². The van der Waals surface area contributed by atoms with E-state index in [1.807, 2.05) is 0 Å². The van der Waals surface area contributed by atoms with Gasteiger partial charge in [0.05, 0.1) is 5.56 Å². The highest BCUT2D eigenvalue weighted by atomic mass is 32.2. The highest BCUT2D eigenvalue weighted by Gasteiger charge is 2.18. The second kappa shape index (κ2) is 6.87. The monoisotopic (exact) mass is 325 g/mol. The van der Waals surface area contributed by atoms with Crippen molar-refractivity contribution in [2.45, 2.75) is 0 Å². The Morgan fingerprint density at radius 1 is 1.14 bits per heavy atom. The quantitative estimate of drug-likeness (QED) is 0.580. The topological polar surface area (TPSA) is 78.5 Å². The lowest BCUT2D eigenvalue weighted by Crippen LogP contribution is -2.40. The first-order valence-electron chi connectivity index (χ1n) is 5.75. The molecule has 0 atom stereocenters. The van der Waals surface area contributed by atoms with E-state index in [1.165, 1.54) is 14.1 Å². The SMILES string of the molecule is CN(C)S(=O)(=O)NCCNC(=O)c1ccc(F)c(F)c1F. The van der Waals surface area contributed by atoms with Gasteiger partial charge in [-0.2, -0.15) is 12.7 Å². The molecule has 0 bridgehead atoms. The van der Waals surface area contributed by atoms with Gasteiger partial charge in [-0.3, -0.25) is 4.79 Å². The molecule has 10 heteroatoms. The number of carbonyl (C=O) groups excluding carboxylic acids is 1. The van der Waals surface area contributed by atoms with Gasteiger partial charge in [-0.1, -0.05) is 0 Å². The van der Waals surface area contributed by atoms with Gasteiger partial charge in [0.15, 0.2) is 17.5 Å². The Kier molecular flexibility index (Phi) is 5.70. The van der Waals surface area contributed by atoms with Crippen LogP contribution in [-0.4, -0.2) is 45.8 Å². The van der Waals surface area contributed by atoms with Crippen LogP contribution < -0.4 is 10.0 Å². The molecular formula is C11H14F3N3O3S. The van der Waals surface area contributed by atoms with Crippen molar-refractivity contribution < 1.29 is 26.4 Å². The number of benzene rings is 1. The second-order valence-corrected chi connectivity index (χ2v) is 6.13. The normalized spacial score (nSPS) is 11.7. The summed E-state index contributed by atoms with van der Waals surface area (Å²) in [6, 6.07) is 1.43. The molecule has 0 aliphatic rings. The van der Waals surface area contributed by atoms with Gasteiger partial charge < -0.3 is 5.32 Å². The van der Waals surface area contributed by atoms with Crippen LogP contribution in [-0.2, 0) is 10.2 Å². The third kappa shape index (κ3) is 4.41. The maximum atomic E-state index is 13.3. The third-order valence-electron chi connectivity index (χ3n) is 2.46. The van der Waals surface area contributed by atoms with Gasteiger partial charge in [-0.15, -0.1) is 0 Å².